The highest BCUT2D eigenvalue weighted by molar-refractivity contribution is 4.75. The van der Waals surface area contributed by atoms with Crippen LogP contribution < -0.4 is 0 Å². The number of β-amino-alcohol motifs (C(OH)–C–C–N with tert-alkyl or cyclic N) is 1. The van der Waals surface area contributed by atoms with Gasteiger partial charge in [0.2, 0.25) is 0 Å². The second-order valence-electron chi connectivity index (χ2n) is 5.02. The van der Waals surface area contributed by atoms with Gasteiger partial charge < -0.3 is 14.6 Å². The van der Waals surface area contributed by atoms with E-state index in [0.29, 0.717) is 19.3 Å². The maximum Gasteiger partial charge on any atom is 0.0900 e. The highest BCUT2D eigenvalue weighted by Gasteiger charge is 2.21. The maximum atomic E-state index is 9.86. The number of hydrogen-bond acceptors (Lipinski definition) is 4. The van der Waals surface area contributed by atoms with Gasteiger partial charge in [0.05, 0.1) is 24.9 Å². The number of ether oxygens (including phenoxy) is 2. The molecule has 0 saturated carbocycles. The van der Waals surface area contributed by atoms with Crippen molar-refractivity contribution in [1.82, 2.24) is 4.90 Å². The summed E-state index contributed by atoms with van der Waals surface area (Å²) >= 11 is 0. The monoisotopic (exact) mass is 245 g/mol. The van der Waals surface area contributed by atoms with Gasteiger partial charge in [-0.15, -0.1) is 0 Å². The minimum atomic E-state index is -0.391. The standard InChI is InChI=1S/C13H27NO3/c1-4-16-13-6-5-7-14(9-13)8-12(15)10-17-11(2)3/h11-13,15H,4-10H2,1-3H3. The molecule has 0 aromatic rings. The summed E-state index contributed by atoms with van der Waals surface area (Å²) in [5.74, 6) is 0. The van der Waals surface area contributed by atoms with E-state index >= 15 is 0 Å². The second-order valence-corrected chi connectivity index (χ2v) is 5.02. The molecule has 102 valence electrons. The summed E-state index contributed by atoms with van der Waals surface area (Å²) in [5, 5.41) is 9.86. The molecule has 17 heavy (non-hydrogen) atoms. The minimum Gasteiger partial charge on any atom is -0.389 e. The van der Waals surface area contributed by atoms with E-state index in [-0.39, 0.29) is 6.10 Å². The molecular formula is C13H27NO3. The van der Waals surface area contributed by atoms with E-state index < -0.39 is 6.10 Å². The van der Waals surface area contributed by atoms with Gasteiger partial charge in [-0.3, -0.25) is 4.90 Å². The quantitative estimate of drug-likeness (QED) is 0.733. The van der Waals surface area contributed by atoms with Crippen LogP contribution in [0.25, 0.3) is 0 Å². The van der Waals surface area contributed by atoms with E-state index in [2.05, 4.69) is 4.90 Å². The van der Waals surface area contributed by atoms with Gasteiger partial charge in [0, 0.05) is 19.7 Å². The normalized spacial score (nSPS) is 24.2. The number of aliphatic hydroxyl groups is 1. The van der Waals surface area contributed by atoms with Gasteiger partial charge in [-0.25, -0.2) is 0 Å². The number of nitrogens with zero attached hydrogens (tertiary/aromatic N) is 1. The van der Waals surface area contributed by atoms with Crippen molar-refractivity contribution in [3.8, 4) is 0 Å². The number of rotatable bonds is 7. The van der Waals surface area contributed by atoms with Gasteiger partial charge >= 0.3 is 0 Å². The van der Waals surface area contributed by atoms with E-state index in [1.165, 1.54) is 0 Å². The van der Waals surface area contributed by atoms with E-state index in [0.717, 1.165) is 32.5 Å². The zero-order valence-corrected chi connectivity index (χ0v) is 11.4. The third kappa shape index (κ3) is 6.36. The molecule has 1 N–H and O–H groups in total. The molecule has 0 aromatic carbocycles. The maximum absolute atomic E-state index is 9.86. The lowest BCUT2D eigenvalue weighted by molar-refractivity contribution is -0.0334. The molecule has 0 bridgehead atoms. The van der Waals surface area contributed by atoms with Gasteiger partial charge in [0.25, 0.3) is 0 Å². The summed E-state index contributed by atoms with van der Waals surface area (Å²) in [7, 11) is 0. The first kappa shape index (κ1) is 14.9. The Morgan fingerprint density at radius 3 is 2.82 bits per heavy atom. The lowest BCUT2D eigenvalue weighted by Crippen LogP contribution is -2.44. The van der Waals surface area contributed by atoms with Crippen LogP contribution in [0.2, 0.25) is 0 Å². The number of aliphatic hydroxyl groups excluding tert-OH is 1. The third-order valence-corrected chi connectivity index (χ3v) is 2.96. The molecule has 0 radical (unpaired) electrons. The van der Waals surface area contributed by atoms with E-state index in [1.807, 2.05) is 20.8 Å². The first-order valence-electron chi connectivity index (χ1n) is 6.75. The summed E-state index contributed by atoms with van der Waals surface area (Å²) in [5.41, 5.74) is 0. The average molecular weight is 245 g/mol. The lowest BCUT2D eigenvalue weighted by Gasteiger charge is -2.33. The van der Waals surface area contributed by atoms with Gasteiger partial charge in [0.1, 0.15) is 0 Å². The van der Waals surface area contributed by atoms with Crippen molar-refractivity contribution >= 4 is 0 Å². The molecule has 1 aliphatic rings. The van der Waals surface area contributed by atoms with Gasteiger partial charge in [-0.1, -0.05) is 0 Å². The highest BCUT2D eigenvalue weighted by atomic mass is 16.5. The fraction of sp³-hybridized carbons (Fsp3) is 1.00. The molecule has 0 amide bonds. The van der Waals surface area contributed by atoms with Gasteiger partial charge in [0.15, 0.2) is 0 Å². The molecule has 0 aromatic heterocycles. The second kappa shape index (κ2) is 8.03. The van der Waals surface area contributed by atoms with Crippen LogP contribution >= 0.6 is 0 Å². The van der Waals surface area contributed by atoms with Crippen LogP contribution in [0.4, 0.5) is 0 Å². The summed E-state index contributed by atoms with van der Waals surface area (Å²) < 4.78 is 11.0. The zero-order valence-electron chi connectivity index (χ0n) is 11.4. The van der Waals surface area contributed by atoms with Gasteiger partial charge in [-0.05, 0) is 40.2 Å². The Morgan fingerprint density at radius 2 is 2.18 bits per heavy atom. The predicted molar refractivity (Wildman–Crippen MR) is 68.2 cm³/mol. The Hall–Kier alpha value is -0.160. The fourth-order valence-electron chi connectivity index (χ4n) is 2.20. The molecule has 1 rings (SSSR count). The highest BCUT2D eigenvalue weighted by Crippen LogP contribution is 2.13. The molecule has 2 atom stereocenters. The first-order valence-corrected chi connectivity index (χ1v) is 6.75. The molecule has 1 heterocycles. The topological polar surface area (TPSA) is 41.9 Å². The van der Waals surface area contributed by atoms with Crippen molar-refractivity contribution < 1.29 is 14.6 Å². The average Bonchev–Trinajstić information content (AvgIpc) is 2.27. The Bertz CT molecular complexity index is 197. The largest absolute Gasteiger partial charge is 0.389 e. The van der Waals surface area contributed by atoms with Crippen LogP contribution in [0, 0.1) is 0 Å². The number of piperidine rings is 1. The van der Waals surface area contributed by atoms with Crippen LogP contribution in [-0.2, 0) is 9.47 Å². The summed E-state index contributed by atoms with van der Waals surface area (Å²) in [6, 6.07) is 0. The van der Waals surface area contributed by atoms with E-state index in [4.69, 9.17) is 9.47 Å². The molecular weight excluding hydrogens is 218 g/mol. The van der Waals surface area contributed by atoms with E-state index in [9.17, 15) is 5.11 Å². The SMILES string of the molecule is CCOC1CCCN(CC(O)COC(C)C)C1. The van der Waals surface area contributed by atoms with Crippen LogP contribution in [0.1, 0.15) is 33.6 Å². The first-order chi connectivity index (χ1) is 8.11. The van der Waals surface area contributed by atoms with Crippen molar-refractivity contribution in [1.29, 1.82) is 0 Å². The minimum absolute atomic E-state index is 0.183. The Morgan fingerprint density at radius 1 is 1.41 bits per heavy atom. The number of likely N-dealkylation sites (tertiary alicyclic amines) is 1. The van der Waals surface area contributed by atoms with Crippen LogP contribution in [0.5, 0.6) is 0 Å². The Labute approximate surface area is 105 Å². The predicted octanol–water partition coefficient (Wildman–Crippen LogP) is 1.27. The molecule has 0 spiro atoms. The third-order valence-electron chi connectivity index (χ3n) is 2.96. The van der Waals surface area contributed by atoms with Crippen molar-refractivity contribution in [2.24, 2.45) is 0 Å². The summed E-state index contributed by atoms with van der Waals surface area (Å²) in [6.45, 7) is 9.89. The molecule has 4 heteroatoms. The van der Waals surface area contributed by atoms with Crippen LogP contribution in [-0.4, -0.2) is 61.2 Å². The fourth-order valence-corrected chi connectivity index (χ4v) is 2.20. The number of hydrogen-bond donors (Lipinski definition) is 1. The van der Waals surface area contributed by atoms with Crippen molar-refractivity contribution in [3.05, 3.63) is 0 Å². The van der Waals surface area contributed by atoms with Crippen LogP contribution in [0.3, 0.4) is 0 Å². The summed E-state index contributed by atoms with van der Waals surface area (Å²) in [6.07, 6.45) is 2.43. The molecule has 1 aliphatic heterocycles. The molecule has 1 fully saturated rings. The molecule has 1 saturated heterocycles. The smallest absolute Gasteiger partial charge is 0.0900 e. The lowest BCUT2D eigenvalue weighted by atomic mass is 10.1. The van der Waals surface area contributed by atoms with Crippen molar-refractivity contribution in [3.63, 3.8) is 0 Å². The molecule has 4 nitrogen and oxygen atoms in total. The zero-order chi connectivity index (χ0) is 12.7. The molecule has 0 aliphatic carbocycles. The van der Waals surface area contributed by atoms with Gasteiger partial charge in [-0.2, -0.15) is 0 Å². The van der Waals surface area contributed by atoms with E-state index in [1.54, 1.807) is 0 Å². The van der Waals surface area contributed by atoms with Crippen molar-refractivity contribution in [2.75, 3.05) is 32.8 Å². The summed E-state index contributed by atoms with van der Waals surface area (Å²) in [4.78, 5) is 2.28. The van der Waals surface area contributed by atoms with Crippen molar-refractivity contribution in [2.45, 2.75) is 51.9 Å². The Balaban J connectivity index is 2.20. The molecule has 2 unspecified atom stereocenters. The van der Waals surface area contributed by atoms with Crippen LogP contribution in [0.15, 0.2) is 0 Å². The Kier molecular flexibility index (Phi) is 7.04.